The summed E-state index contributed by atoms with van der Waals surface area (Å²) in [4.78, 5) is 21.4. The molecule has 4 aromatic rings. The largest absolute Gasteiger partial charge is 0.527 e. The van der Waals surface area contributed by atoms with E-state index in [0.29, 0.717) is 11.3 Å². The van der Waals surface area contributed by atoms with Crippen LogP contribution in [0.25, 0.3) is 16.3 Å². The van der Waals surface area contributed by atoms with E-state index in [4.69, 9.17) is 9.26 Å². The Labute approximate surface area is 185 Å². The summed E-state index contributed by atoms with van der Waals surface area (Å²) in [5, 5.41) is 2.06. The topological polar surface area (TPSA) is 79.2 Å². The van der Waals surface area contributed by atoms with Gasteiger partial charge in [0.2, 0.25) is 0 Å². The summed E-state index contributed by atoms with van der Waals surface area (Å²) in [5.74, 6) is 0.156. The number of ether oxygens (including phenoxy) is 1. The quantitative estimate of drug-likeness (QED) is 0.304. The van der Waals surface area contributed by atoms with Gasteiger partial charge in [-0.05, 0) is 23.6 Å². The van der Waals surface area contributed by atoms with Crippen LogP contribution in [-0.4, -0.2) is 16.8 Å². The molecule has 1 aliphatic heterocycles. The first-order valence-corrected chi connectivity index (χ1v) is 11.5. The van der Waals surface area contributed by atoms with Crippen LogP contribution in [0.1, 0.15) is 11.1 Å². The summed E-state index contributed by atoms with van der Waals surface area (Å²) in [7, 11) is -2.93. The van der Waals surface area contributed by atoms with Crippen LogP contribution >= 0.6 is 7.82 Å². The van der Waals surface area contributed by atoms with Crippen molar-refractivity contribution in [1.82, 2.24) is 0 Å². The fourth-order valence-electron chi connectivity index (χ4n) is 4.10. The van der Waals surface area contributed by atoms with Crippen molar-refractivity contribution in [1.29, 1.82) is 0 Å². The lowest BCUT2D eigenvalue weighted by molar-refractivity contribution is 0.167. The Morgan fingerprint density at radius 3 is 2.28 bits per heavy atom. The third-order valence-corrected chi connectivity index (χ3v) is 5.80. The zero-order chi connectivity index (χ0) is 22.3. The summed E-state index contributed by atoms with van der Waals surface area (Å²) in [6.07, 6.45) is 0. The van der Waals surface area contributed by atoms with Crippen molar-refractivity contribution in [3.8, 4) is 5.75 Å². The van der Waals surface area contributed by atoms with Crippen LogP contribution in [0.5, 0.6) is 5.75 Å². The average Bonchev–Trinajstić information content (AvgIpc) is 2.78. The van der Waals surface area contributed by atoms with Crippen molar-refractivity contribution < 1.29 is 23.6 Å². The normalized spacial score (nSPS) is 14.5. The molecule has 160 valence electrons. The molecule has 0 atom stereocenters. The smallest absolute Gasteiger partial charge is 0.426 e. The van der Waals surface area contributed by atoms with Gasteiger partial charge in [-0.2, -0.15) is 0 Å². The number of anilines is 2. The second-order valence-corrected chi connectivity index (χ2v) is 8.58. The number of para-hydroxylation sites is 2. The molecule has 1 heterocycles. The Bertz CT molecular complexity index is 1390. The van der Waals surface area contributed by atoms with Crippen molar-refractivity contribution in [2.75, 3.05) is 11.9 Å². The zero-order valence-electron chi connectivity index (χ0n) is 17.2. The number of hydrogen-bond acceptors (Lipinski definition) is 4. The number of fused-ring (bicyclic) bond motifs is 4. The van der Waals surface area contributed by atoms with Crippen LogP contribution in [0.3, 0.4) is 0 Å². The Balaban J connectivity index is 1.85. The molecule has 0 fully saturated rings. The highest BCUT2D eigenvalue weighted by molar-refractivity contribution is 7.46. The van der Waals surface area contributed by atoms with Gasteiger partial charge in [-0.1, -0.05) is 72.8 Å². The molecule has 0 aliphatic carbocycles. The lowest BCUT2D eigenvalue weighted by atomic mass is 9.88. The van der Waals surface area contributed by atoms with Crippen LogP contribution < -0.4 is 9.64 Å². The fraction of sp³-hybridized carbons (Fsp3) is 0.0400. The molecule has 1 aliphatic rings. The second-order valence-electron chi connectivity index (χ2n) is 7.42. The molecular weight excluding hydrogens is 425 g/mol. The van der Waals surface area contributed by atoms with E-state index in [-0.39, 0.29) is 5.95 Å². The number of nitrogens with zero attached hydrogens (tertiary/aromatic N) is 1. The molecule has 7 heteroatoms. The monoisotopic (exact) mass is 445 g/mol. The molecule has 0 amide bonds. The molecule has 6 nitrogen and oxygen atoms in total. The van der Waals surface area contributed by atoms with Crippen LogP contribution in [-0.2, 0) is 9.09 Å². The number of benzene rings is 4. The van der Waals surface area contributed by atoms with Crippen molar-refractivity contribution in [2.45, 2.75) is 0 Å². The van der Waals surface area contributed by atoms with Gasteiger partial charge in [0.1, 0.15) is 5.75 Å². The van der Waals surface area contributed by atoms with Gasteiger partial charge in [0.15, 0.2) is 0 Å². The highest BCUT2D eigenvalue weighted by Gasteiger charge is 2.32. The van der Waals surface area contributed by atoms with Crippen LogP contribution in [0, 0.1) is 0 Å². The van der Waals surface area contributed by atoms with Gasteiger partial charge in [-0.15, -0.1) is 0 Å². The van der Waals surface area contributed by atoms with Crippen molar-refractivity contribution in [3.63, 3.8) is 0 Å². The van der Waals surface area contributed by atoms with Gasteiger partial charge < -0.3 is 14.2 Å². The molecular formula is C25H20NO5P. The molecule has 0 radical (unpaired) electrons. The highest BCUT2D eigenvalue weighted by atomic mass is 31.2. The standard InChI is InChI=1S/C25H20NO5P/c1-26-22-14-8-7-13-20(22)23(21-16-15-17-9-5-6-12-19(17)24(21)26)25(31-32(27,28)29)30-18-10-3-2-4-11-18/h2-16H,1H3,(H2,27,28,29)/b25-23+. The van der Waals surface area contributed by atoms with E-state index in [2.05, 4.69) is 4.90 Å². The molecule has 0 saturated carbocycles. The SMILES string of the molecule is CN1c2ccccc2/C(=C(/Oc2ccccc2)OP(=O)(O)O)c2ccc3ccccc3c21. The van der Waals surface area contributed by atoms with E-state index in [1.807, 2.05) is 73.8 Å². The molecule has 0 saturated heterocycles. The average molecular weight is 445 g/mol. The fourth-order valence-corrected chi connectivity index (χ4v) is 4.44. The summed E-state index contributed by atoms with van der Waals surface area (Å²) < 4.78 is 23.0. The molecule has 2 N–H and O–H groups in total. The molecule has 4 aromatic carbocycles. The maximum Gasteiger partial charge on any atom is 0.527 e. The van der Waals surface area contributed by atoms with Crippen LogP contribution in [0.4, 0.5) is 11.4 Å². The molecule has 0 bridgehead atoms. The maximum absolute atomic E-state index is 11.9. The number of rotatable bonds is 4. The van der Waals surface area contributed by atoms with E-state index in [0.717, 1.165) is 33.3 Å². The minimum absolute atomic E-state index is 0.249. The summed E-state index contributed by atoms with van der Waals surface area (Å²) >= 11 is 0. The minimum Gasteiger partial charge on any atom is -0.426 e. The van der Waals surface area contributed by atoms with Crippen LogP contribution in [0.2, 0.25) is 0 Å². The third-order valence-electron chi connectivity index (χ3n) is 5.40. The van der Waals surface area contributed by atoms with Gasteiger partial charge in [-0.3, -0.25) is 9.79 Å². The number of hydrogen-bond donors (Lipinski definition) is 2. The molecule has 0 aromatic heterocycles. The highest BCUT2D eigenvalue weighted by Crippen LogP contribution is 2.51. The summed E-state index contributed by atoms with van der Waals surface area (Å²) in [5.41, 5.74) is 3.75. The van der Waals surface area contributed by atoms with Crippen molar-refractivity contribution in [3.05, 3.63) is 108 Å². The van der Waals surface area contributed by atoms with E-state index in [1.165, 1.54) is 0 Å². The number of phosphoric ester groups is 1. The molecule has 0 unspecified atom stereocenters. The van der Waals surface area contributed by atoms with E-state index >= 15 is 0 Å². The predicted molar refractivity (Wildman–Crippen MR) is 125 cm³/mol. The summed E-state index contributed by atoms with van der Waals surface area (Å²) in [6.45, 7) is 0. The van der Waals surface area contributed by atoms with Gasteiger partial charge in [0.05, 0.1) is 11.3 Å². The maximum atomic E-state index is 11.9. The van der Waals surface area contributed by atoms with Gasteiger partial charge >= 0.3 is 13.8 Å². The third kappa shape index (κ3) is 3.65. The van der Waals surface area contributed by atoms with E-state index in [9.17, 15) is 14.4 Å². The lowest BCUT2D eigenvalue weighted by Crippen LogP contribution is -2.20. The molecule has 32 heavy (non-hydrogen) atoms. The Morgan fingerprint density at radius 2 is 1.50 bits per heavy atom. The van der Waals surface area contributed by atoms with E-state index in [1.54, 1.807) is 24.3 Å². The lowest BCUT2D eigenvalue weighted by Gasteiger charge is -2.33. The second kappa shape index (κ2) is 7.84. The van der Waals surface area contributed by atoms with Crippen molar-refractivity contribution >= 4 is 35.5 Å². The molecule has 5 rings (SSSR count). The van der Waals surface area contributed by atoms with Crippen LogP contribution in [0.15, 0.2) is 96.9 Å². The van der Waals surface area contributed by atoms with Gasteiger partial charge in [0.25, 0.3) is 0 Å². The number of phosphoric acid groups is 1. The van der Waals surface area contributed by atoms with Gasteiger partial charge in [-0.25, -0.2) is 4.57 Å². The first-order chi connectivity index (χ1) is 15.4. The van der Waals surface area contributed by atoms with Gasteiger partial charge in [0, 0.05) is 29.2 Å². The Morgan fingerprint density at radius 1 is 0.812 bits per heavy atom. The first-order valence-electron chi connectivity index (χ1n) is 10.00. The Kier molecular flexibility index (Phi) is 4.98. The molecule has 0 spiro atoms. The predicted octanol–water partition coefficient (Wildman–Crippen LogP) is 5.83. The first kappa shape index (κ1) is 20.3. The minimum atomic E-state index is -4.91. The Hall–Kier alpha value is -3.57. The zero-order valence-corrected chi connectivity index (χ0v) is 18.1. The summed E-state index contributed by atoms with van der Waals surface area (Å²) in [6, 6.07) is 28.3. The van der Waals surface area contributed by atoms with Crippen molar-refractivity contribution in [2.24, 2.45) is 0 Å². The van der Waals surface area contributed by atoms with E-state index < -0.39 is 7.82 Å².